The van der Waals surface area contributed by atoms with Crippen molar-refractivity contribution in [3.05, 3.63) is 30.5 Å². The van der Waals surface area contributed by atoms with Gasteiger partial charge in [-0.1, -0.05) is 0 Å². The molecule has 0 aliphatic rings. The molecule has 0 aliphatic carbocycles. The van der Waals surface area contributed by atoms with Crippen LogP contribution in [-0.4, -0.2) is 16.1 Å². The zero-order valence-corrected chi connectivity index (χ0v) is 8.27. The van der Waals surface area contributed by atoms with Crippen LogP contribution in [0.3, 0.4) is 0 Å². The van der Waals surface area contributed by atoms with Gasteiger partial charge in [-0.15, -0.1) is 0 Å². The molecule has 0 fully saturated rings. The Balaban J connectivity index is 2.41. The predicted octanol–water partition coefficient (Wildman–Crippen LogP) is 2.42. The number of aromatic nitrogens is 2. The molecular weight excluding hydrogens is 176 g/mol. The smallest absolute Gasteiger partial charge is 0.214 e. The second-order valence-corrected chi connectivity index (χ2v) is 3.36. The summed E-state index contributed by atoms with van der Waals surface area (Å²) in [6.45, 7) is 3.96. The van der Waals surface area contributed by atoms with E-state index < -0.39 is 0 Å². The first-order valence-corrected chi connectivity index (χ1v) is 4.64. The average molecular weight is 188 g/mol. The number of fused-ring (bicyclic) bond motifs is 1. The van der Waals surface area contributed by atoms with Gasteiger partial charge in [-0.05, 0) is 32.0 Å². The molecule has 0 radical (unpaired) electrons. The van der Waals surface area contributed by atoms with E-state index in [2.05, 4.69) is 9.97 Å². The van der Waals surface area contributed by atoms with Crippen molar-refractivity contribution in [2.75, 3.05) is 0 Å². The van der Waals surface area contributed by atoms with Crippen LogP contribution in [-0.2, 0) is 0 Å². The summed E-state index contributed by atoms with van der Waals surface area (Å²) in [6.07, 6.45) is 1.91. The standard InChI is InChI=1S/C11H12N2O/c1-8(2)14-11-6-5-9-10(13-11)4-3-7-12-9/h3-8H,1-2H3. The van der Waals surface area contributed by atoms with E-state index in [1.165, 1.54) is 0 Å². The van der Waals surface area contributed by atoms with Crippen molar-refractivity contribution in [1.29, 1.82) is 0 Å². The van der Waals surface area contributed by atoms with E-state index in [0.29, 0.717) is 5.88 Å². The SMILES string of the molecule is CC(C)Oc1ccc2ncccc2n1. The first-order valence-electron chi connectivity index (χ1n) is 4.64. The molecule has 0 saturated heterocycles. The molecule has 3 nitrogen and oxygen atoms in total. The normalized spacial score (nSPS) is 10.8. The van der Waals surface area contributed by atoms with Crippen LogP contribution in [0, 0.1) is 0 Å². The quantitative estimate of drug-likeness (QED) is 0.726. The van der Waals surface area contributed by atoms with E-state index in [1.54, 1.807) is 6.20 Å². The van der Waals surface area contributed by atoms with Crippen LogP contribution in [0.5, 0.6) is 5.88 Å². The van der Waals surface area contributed by atoms with Crippen molar-refractivity contribution in [2.45, 2.75) is 20.0 Å². The molecule has 0 aliphatic heterocycles. The molecule has 0 unspecified atom stereocenters. The molecule has 14 heavy (non-hydrogen) atoms. The van der Waals surface area contributed by atoms with Gasteiger partial charge in [0.05, 0.1) is 17.1 Å². The van der Waals surface area contributed by atoms with E-state index in [1.807, 2.05) is 38.1 Å². The molecule has 2 heterocycles. The monoisotopic (exact) mass is 188 g/mol. The molecule has 0 spiro atoms. The maximum atomic E-state index is 5.48. The Labute approximate surface area is 82.8 Å². The third kappa shape index (κ3) is 1.82. The van der Waals surface area contributed by atoms with Crippen LogP contribution >= 0.6 is 0 Å². The Morgan fingerprint density at radius 3 is 2.79 bits per heavy atom. The molecule has 0 N–H and O–H groups in total. The van der Waals surface area contributed by atoms with Gasteiger partial charge < -0.3 is 4.74 Å². The zero-order chi connectivity index (χ0) is 9.97. The topological polar surface area (TPSA) is 35.0 Å². The molecule has 2 rings (SSSR count). The van der Waals surface area contributed by atoms with Gasteiger partial charge in [-0.25, -0.2) is 4.98 Å². The lowest BCUT2D eigenvalue weighted by Crippen LogP contribution is -2.06. The maximum absolute atomic E-state index is 5.48. The Hall–Kier alpha value is -1.64. The summed E-state index contributed by atoms with van der Waals surface area (Å²) in [6, 6.07) is 7.55. The number of hydrogen-bond donors (Lipinski definition) is 0. The van der Waals surface area contributed by atoms with Crippen molar-refractivity contribution in [2.24, 2.45) is 0 Å². The van der Waals surface area contributed by atoms with Crippen LogP contribution in [0.2, 0.25) is 0 Å². The van der Waals surface area contributed by atoms with Crippen molar-refractivity contribution in [3.8, 4) is 5.88 Å². The fourth-order valence-corrected chi connectivity index (χ4v) is 1.25. The maximum Gasteiger partial charge on any atom is 0.214 e. The van der Waals surface area contributed by atoms with E-state index in [9.17, 15) is 0 Å². The van der Waals surface area contributed by atoms with Gasteiger partial charge in [0, 0.05) is 12.3 Å². The zero-order valence-electron chi connectivity index (χ0n) is 8.27. The molecule has 2 aromatic rings. The third-order valence-corrected chi connectivity index (χ3v) is 1.79. The summed E-state index contributed by atoms with van der Waals surface area (Å²) in [4.78, 5) is 8.51. The number of ether oxygens (including phenoxy) is 1. The third-order valence-electron chi connectivity index (χ3n) is 1.79. The summed E-state index contributed by atoms with van der Waals surface area (Å²) in [7, 11) is 0. The highest BCUT2D eigenvalue weighted by atomic mass is 16.5. The minimum absolute atomic E-state index is 0.150. The molecule has 0 atom stereocenters. The summed E-state index contributed by atoms with van der Waals surface area (Å²) in [5, 5.41) is 0. The van der Waals surface area contributed by atoms with Crippen molar-refractivity contribution >= 4 is 11.0 Å². The summed E-state index contributed by atoms with van der Waals surface area (Å²) >= 11 is 0. The van der Waals surface area contributed by atoms with Crippen molar-refractivity contribution in [1.82, 2.24) is 9.97 Å². The van der Waals surface area contributed by atoms with Gasteiger partial charge in [-0.3, -0.25) is 4.98 Å². The Morgan fingerprint density at radius 1 is 1.14 bits per heavy atom. The number of rotatable bonds is 2. The molecule has 2 aromatic heterocycles. The van der Waals surface area contributed by atoms with E-state index in [-0.39, 0.29) is 6.10 Å². The van der Waals surface area contributed by atoms with Gasteiger partial charge in [0.2, 0.25) is 5.88 Å². The number of pyridine rings is 2. The highest BCUT2D eigenvalue weighted by Crippen LogP contribution is 2.14. The first kappa shape index (κ1) is 8.94. The minimum atomic E-state index is 0.150. The lowest BCUT2D eigenvalue weighted by molar-refractivity contribution is 0.233. The van der Waals surface area contributed by atoms with Crippen LogP contribution in [0.1, 0.15) is 13.8 Å². The molecule has 72 valence electrons. The van der Waals surface area contributed by atoms with E-state index >= 15 is 0 Å². The molecule has 0 aromatic carbocycles. The molecule has 0 bridgehead atoms. The van der Waals surface area contributed by atoms with Crippen molar-refractivity contribution in [3.63, 3.8) is 0 Å². The largest absolute Gasteiger partial charge is 0.475 e. The van der Waals surface area contributed by atoms with Crippen molar-refractivity contribution < 1.29 is 4.74 Å². The van der Waals surface area contributed by atoms with E-state index in [0.717, 1.165) is 11.0 Å². The van der Waals surface area contributed by atoms with Gasteiger partial charge in [0.25, 0.3) is 0 Å². The summed E-state index contributed by atoms with van der Waals surface area (Å²) in [5.41, 5.74) is 1.76. The average Bonchev–Trinajstić information content (AvgIpc) is 2.17. The lowest BCUT2D eigenvalue weighted by atomic mass is 10.3. The second kappa shape index (κ2) is 3.62. The Kier molecular flexibility index (Phi) is 2.31. The van der Waals surface area contributed by atoms with Gasteiger partial charge in [0.15, 0.2) is 0 Å². The fraction of sp³-hybridized carbons (Fsp3) is 0.273. The Bertz CT molecular complexity index is 440. The fourth-order valence-electron chi connectivity index (χ4n) is 1.25. The minimum Gasteiger partial charge on any atom is -0.475 e. The van der Waals surface area contributed by atoms with Crippen LogP contribution < -0.4 is 4.74 Å². The predicted molar refractivity (Wildman–Crippen MR) is 55.3 cm³/mol. The second-order valence-electron chi connectivity index (χ2n) is 3.36. The van der Waals surface area contributed by atoms with Gasteiger partial charge >= 0.3 is 0 Å². The molecule has 0 amide bonds. The van der Waals surface area contributed by atoms with Crippen LogP contribution in [0.25, 0.3) is 11.0 Å². The summed E-state index contributed by atoms with van der Waals surface area (Å²) < 4.78 is 5.48. The van der Waals surface area contributed by atoms with Gasteiger partial charge in [-0.2, -0.15) is 0 Å². The highest BCUT2D eigenvalue weighted by molar-refractivity contribution is 5.74. The van der Waals surface area contributed by atoms with Crippen LogP contribution in [0.4, 0.5) is 0 Å². The molecule has 0 saturated carbocycles. The number of nitrogens with zero attached hydrogens (tertiary/aromatic N) is 2. The molecule has 3 heteroatoms. The first-order chi connectivity index (χ1) is 6.75. The van der Waals surface area contributed by atoms with Crippen LogP contribution in [0.15, 0.2) is 30.5 Å². The molecular formula is C11H12N2O. The highest BCUT2D eigenvalue weighted by Gasteiger charge is 2.00. The lowest BCUT2D eigenvalue weighted by Gasteiger charge is -2.08. The number of hydrogen-bond acceptors (Lipinski definition) is 3. The Morgan fingerprint density at radius 2 is 2.00 bits per heavy atom. The van der Waals surface area contributed by atoms with E-state index in [4.69, 9.17) is 4.74 Å². The van der Waals surface area contributed by atoms with Gasteiger partial charge in [0.1, 0.15) is 0 Å². The summed E-state index contributed by atoms with van der Waals surface area (Å²) in [5.74, 6) is 0.653.